The van der Waals surface area contributed by atoms with Crippen molar-refractivity contribution >= 4 is 28.8 Å². The summed E-state index contributed by atoms with van der Waals surface area (Å²) < 4.78 is 0. The van der Waals surface area contributed by atoms with E-state index < -0.39 is 0 Å². The average Bonchev–Trinajstić information content (AvgIpc) is 3.27. The number of aryl methyl sites for hydroxylation is 1. The number of benzene rings is 3. The summed E-state index contributed by atoms with van der Waals surface area (Å²) in [7, 11) is 0. The highest BCUT2D eigenvalue weighted by Crippen LogP contribution is 2.34. The Kier molecular flexibility index (Phi) is 6.42. The summed E-state index contributed by atoms with van der Waals surface area (Å²) in [6, 6.07) is 24.8. The molecule has 0 spiro atoms. The Bertz CT molecular complexity index is 1250. The molecule has 0 bridgehead atoms. The molecule has 2 N–H and O–H groups in total. The second kappa shape index (κ2) is 9.58. The van der Waals surface area contributed by atoms with Crippen molar-refractivity contribution in [2.45, 2.75) is 13.8 Å². The third kappa shape index (κ3) is 4.60. The number of anilines is 1. The van der Waals surface area contributed by atoms with Crippen molar-refractivity contribution in [3.63, 3.8) is 0 Å². The minimum atomic E-state index is -0.250. The van der Waals surface area contributed by atoms with Crippen molar-refractivity contribution in [2.75, 3.05) is 11.9 Å². The van der Waals surface area contributed by atoms with Gasteiger partial charge in [-0.05, 0) is 31.5 Å². The molecule has 1 aromatic heterocycles. The Balaban J connectivity index is 1.72. The van der Waals surface area contributed by atoms with Gasteiger partial charge in [0, 0.05) is 28.9 Å². The molecule has 6 heteroatoms. The van der Waals surface area contributed by atoms with Crippen LogP contribution in [0.1, 0.15) is 32.5 Å². The summed E-state index contributed by atoms with van der Waals surface area (Å²) in [4.78, 5) is 30.9. The normalized spacial score (nSPS) is 10.6. The molecule has 0 unspecified atom stereocenters. The zero-order valence-electron chi connectivity index (χ0n) is 17.9. The van der Waals surface area contributed by atoms with Crippen LogP contribution in [-0.2, 0) is 0 Å². The maximum absolute atomic E-state index is 13.4. The molecule has 3 aromatic carbocycles. The molecule has 160 valence electrons. The fraction of sp³-hybridized carbons (Fsp3) is 0.115. The molecule has 32 heavy (non-hydrogen) atoms. The first-order valence-corrected chi connectivity index (χ1v) is 11.2. The largest absolute Gasteiger partial charge is 0.352 e. The lowest BCUT2D eigenvalue weighted by Crippen LogP contribution is -2.23. The minimum absolute atomic E-state index is 0.169. The first-order chi connectivity index (χ1) is 15.6. The SMILES string of the molecule is CCNC(=O)c1ccc(C)c(NC(=O)c2sc(-c3ccccc3)nc2-c2ccccc2)c1. The number of rotatable bonds is 6. The van der Waals surface area contributed by atoms with E-state index in [0.717, 1.165) is 21.7 Å². The highest BCUT2D eigenvalue weighted by Gasteiger charge is 2.21. The summed E-state index contributed by atoms with van der Waals surface area (Å²) >= 11 is 1.36. The van der Waals surface area contributed by atoms with Crippen molar-refractivity contribution in [1.29, 1.82) is 0 Å². The van der Waals surface area contributed by atoms with E-state index in [-0.39, 0.29) is 11.8 Å². The van der Waals surface area contributed by atoms with E-state index in [9.17, 15) is 9.59 Å². The number of thiazole rings is 1. The van der Waals surface area contributed by atoms with Crippen LogP contribution in [0.25, 0.3) is 21.8 Å². The van der Waals surface area contributed by atoms with Crippen molar-refractivity contribution in [3.05, 3.63) is 94.9 Å². The Morgan fingerprint density at radius 1 is 0.875 bits per heavy atom. The van der Waals surface area contributed by atoms with Crippen LogP contribution in [-0.4, -0.2) is 23.3 Å². The smallest absolute Gasteiger partial charge is 0.268 e. The number of hydrogen-bond donors (Lipinski definition) is 2. The zero-order valence-corrected chi connectivity index (χ0v) is 18.7. The molecule has 0 saturated carbocycles. The Morgan fingerprint density at radius 3 is 2.19 bits per heavy atom. The maximum atomic E-state index is 13.4. The number of nitrogens with one attached hydrogen (secondary N) is 2. The summed E-state index contributed by atoms with van der Waals surface area (Å²) in [6.07, 6.45) is 0. The third-order valence-corrected chi connectivity index (χ3v) is 6.09. The van der Waals surface area contributed by atoms with Crippen LogP contribution in [0.4, 0.5) is 5.69 Å². The van der Waals surface area contributed by atoms with Gasteiger partial charge in [0.05, 0.1) is 5.69 Å². The Hall–Kier alpha value is -3.77. The van der Waals surface area contributed by atoms with Crippen molar-refractivity contribution in [2.24, 2.45) is 0 Å². The molecule has 0 radical (unpaired) electrons. The molecular weight excluding hydrogens is 418 g/mol. The van der Waals surface area contributed by atoms with E-state index in [1.54, 1.807) is 12.1 Å². The molecular formula is C26H23N3O2S. The van der Waals surface area contributed by atoms with Gasteiger partial charge < -0.3 is 10.6 Å². The predicted molar refractivity (Wildman–Crippen MR) is 130 cm³/mol. The maximum Gasteiger partial charge on any atom is 0.268 e. The van der Waals surface area contributed by atoms with Crippen LogP contribution >= 0.6 is 11.3 Å². The second-order valence-electron chi connectivity index (χ2n) is 7.27. The number of aromatic nitrogens is 1. The number of carbonyl (C=O) groups excluding carboxylic acids is 2. The highest BCUT2D eigenvalue weighted by molar-refractivity contribution is 7.17. The standard InChI is InChI=1S/C26H23N3O2S/c1-3-27-24(30)20-15-14-17(2)21(16-20)28-25(31)23-22(18-10-6-4-7-11-18)29-26(32-23)19-12-8-5-9-13-19/h4-16H,3H2,1-2H3,(H,27,30)(H,28,31). The second-order valence-corrected chi connectivity index (χ2v) is 8.27. The van der Waals surface area contributed by atoms with E-state index in [1.165, 1.54) is 11.3 Å². The molecule has 0 aliphatic rings. The number of carbonyl (C=O) groups is 2. The van der Waals surface area contributed by atoms with Gasteiger partial charge in [-0.3, -0.25) is 9.59 Å². The van der Waals surface area contributed by atoms with Gasteiger partial charge >= 0.3 is 0 Å². The minimum Gasteiger partial charge on any atom is -0.352 e. The van der Waals surface area contributed by atoms with Gasteiger partial charge in [-0.2, -0.15) is 0 Å². The van der Waals surface area contributed by atoms with E-state index in [0.29, 0.717) is 28.4 Å². The van der Waals surface area contributed by atoms with Crippen LogP contribution in [0.2, 0.25) is 0 Å². The van der Waals surface area contributed by atoms with Crippen LogP contribution < -0.4 is 10.6 Å². The number of amides is 2. The topological polar surface area (TPSA) is 71.1 Å². The molecule has 4 aromatic rings. The Morgan fingerprint density at radius 2 is 1.53 bits per heavy atom. The van der Waals surface area contributed by atoms with Gasteiger partial charge in [-0.1, -0.05) is 66.7 Å². The van der Waals surface area contributed by atoms with Crippen LogP contribution in [0.15, 0.2) is 78.9 Å². The molecule has 1 heterocycles. The molecule has 0 aliphatic carbocycles. The van der Waals surface area contributed by atoms with Gasteiger partial charge in [0.15, 0.2) is 0 Å². The number of hydrogen-bond acceptors (Lipinski definition) is 4. The summed E-state index contributed by atoms with van der Waals surface area (Å²) in [5.41, 5.74) is 4.47. The van der Waals surface area contributed by atoms with Crippen LogP contribution in [0.5, 0.6) is 0 Å². The summed E-state index contributed by atoms with van der Waals surface area (Å²) in [5.74, 6) is -0.420. The Labute approximate surface area is 191 Å². The van der Waals surface area contributed by atoms with Gasteiger partial charge in [0.1, 0.15) is 9.88 Å². The van der Waals surface area contributed by atoms with Crippen molar-refractivity contribution in [1.82, 2.24) is 10.3 Å². The van der Waals surface area contributed by atoms with E-state index in [1.807, 2.05) is 80.6 Å². The molecule has 5 nitrogen and oxygen atoms in total. The number of nitrogens with zero attached hydrogens (tertiary/aromatic N) is 1. The summed E-state index contributed by atoms with van der Waals surface area (Å²) in [5, 5.41) is 6.56. The predicted octanol–water partition coefficient (Wildman–Crippen LogP) is 5.79. The molecule has 0 atom stereocenters. The average molecular weight is 442 g/mol. The quantitative estimate of drug-likeness (QED) is 0.398. The van der Waals surface area contributed by atoms with Gasteiger partial charge in [0.25, 0.3) is 11.8 Å². The molecule has 0 fully saturated rings. The van der Waals surface area contributed by atoms with Crippen molar-refractivity contribution in [3.8, 4) is 21.8 Å². The lowest BCUT2D eigenvalue weighted by Gasteiger charge is -2.11. The fourth-order valence-corrected chi connectivity index (χ4v) is 4.30. The first-order valence-electron chi connectivity index (χ1n) is 10.4. The zero-order chi connectivity index (χ0) is 22.5. The van der Waals surface area contributed by atoms with E-state index >= 15 is 0 Å². The van der Waals surface area contributed by atoms with E-state index in [2.05, 4.69) is 10.6 Å². The van der Waals surface area contributed by atoms with Crippen LogP contribution in [0.3, 0.4) is 0 Å². The lowest BCUT2D eigenvalue weighted by molar-refractivity contribution is 0.0954. The van der Waals surface area contributed by atoms with Crippen LogP contribution in [0, 0.1) is 6.92 Å². The molecule has 4 rings (SSSR count). The molecule has 2 amide bonds. The molecule has 0 saturated heterocycles. The fourth-order valence-electron chi connectivity index (χ4n) is 3.31. The van der Waals surface area contributed by atoms with Crippen molar-refractivity contribution < 1.29 is 9.59 Å². The monoisotopic (exact) mass is 441 g/mol. The first kappa shape index (κ1) is 21.5. The van der Waals surface area contributed by atoms with Gasteiger partial charge in [-0.25, -0.2) is 4.98 Å². The summed E-state index contributed by atoms with van der Waals surface area (Å²) in [6.45, 7) is 4.31. The van der Waals surface area contributed by atoms with Gasteiger partial charge in [-0.15, -0.1) is 11.3 Å². The molecule has 0 aliphatic heterocycles. The van der Waals surface area contributed by atoms with Gasteiger partial charge in [0.2, 0.25) is 0 Å². The highest BCUT2D eigenvalue weighted by atomic mass is 32.1. The third-order valence-electron chi connectivity index (χ3n) is 4.99. The lowest BCUT2D eigenvalue weighted by atomic mass is 10.1. The van der Waals surface area contributed by atoms with E-state index in [4.69, 9.17) is 4.98 Å².